The standard InChI is InChI=1S/C28H32N4O4S/c1-5-6-7-26-30-27-21(4)29-20(3)18-25(27)32(26)23-12-10-22(11-13-23)16-17-36-28(33)31-37(34,35)24-14-8-19(2)9-15-24/h8-15,18H,5-7,16-17H2,1-4H3,(H,31,33). The maximum atomic E-state index is 12.3. The molecule has 0 saturated carbocycles. The predicted molar refractivity (Wildman–Crippen MR) is 144 cm³/mol. The minimum absolute atomic E-state index is 0.0112. The van der Waals surface area contributed by atoms with Crippen molar-refractivity contribution in [2.45, 2.75) is 58.3 Å². The van der Waals surface area contributed by atoms with Crippen LogP contribution in [0.5, 0.6) is 0 Å². The van der Waals surface area contributed by atoms with E-state index in [2.05, 4.69) is 22.5 Å². The maximum absolute atomic E-state index is 12.3. The van der Waals surface area contributed by atoms with Gasteiger partial charge in [-0.05, 0) is 63.1 Å². The SMILES string of the molecule is CCCCc1nc2c(C)nc(C)cc2n1-c1ccc(CCOC(=O)NS(=O)(=O)c2ccc(C)cc2)cc1. The van der Waals surface area contributed by atoms with Gasteiger partial charge in [-0.25, -0.2) is 22.9 Å². The van der Waals surface area contributed by atoms with Crippen LogP contribution in [0.2, 0.25) is 0 Å². The number of hydrogen-bond donors (Lipinski definition) is 1. The Labute approximate surface area is 217 Å². The molecule has 2 aromatic heterocycles. The zero-order valence-electron chi connectivity index (χ0n) is 21.6. The van der Waals surface area contributed by atoms with Gasteiger partial charge in [0.25, 0.3) is 10.0 Å². The molecule has 0 atom stereocenters. The van der Waals surface area contributed by atoms with Crippen LogP contribution in [-0.2, 0) is 27.6 Å². The first-order chi connectivity index (χ1) is 17.7. The van der Waals surface area contributed by atoms with Crippen LogP contribution >= 0.6 is 0 Å². The van der Waals surface area contributed by atoms with Crippen molar-refractivity contribution < 1.29 is 17.9 Å². The predicted octanol–water partition coefficient (Wildman–Crippen LogP) is 5.35. The Bertz CT molecular complexity index is 1510. The van der Waals surface area contributed by atoms with Gasteiger partial charge in [0, 0.05) is 24.2 Å². The summed E-state index contributed by atoms with van der Waals surface area (Å²) in [5, 5.41) is 0. The minimum atomic E-state index is -3.97. The van der Waals surface area contributed by atoms with Crippen molar-refractivity contribution >= 4 is 27.1 Å². The number of carbonyl (C=O) groups excluding carboxylic acids is 1. The second-order valence-electron chi connectivity index (χ2n) is 9.15. The third-order valence-electron chi connectivity index (χ3n) is 6.14. The third kappa shape index (κ3) is 6.17. The Morgan fingerprint density at radius 1 is 0.973 bits per heavy atom. The van der Waals surface area contributed by atoms with E-state index in [9.17, 15) is 13.2 Å². The number of fused-ring (bicyclic) bond motifs is 1. The fourth-order valence-corrected chi connectivity index (χ4v) is 5.10. The number of unbranched alkanes of at least 4 members (excludes halogenated alkanes) is 1. The molecule has 194 valence electrons. The zero-order valence-corrected chi connectivity index (χ0v) is 22.4. The van der Waals surface area contributed by atoms with Crippen LogP contribution in [0.25, 0.3) is 16.7 Å². The quantitative estimate of drug-likeness (QED) is 0.319. The van der Waals surface area contributed by atoms with Gasteiger partial charge in [-0.1, -0.05) is 43.2 Å². The lowest BCUT2D eigenvalue weighted by Gasteiger charge is -2.11. The number of rotatable bonds is 9. The summed E-state index contributed by atoms with van der Waals surface area (Å²) in [6, 6.07) is 16.3. The number of sulfonamides is 1. The van der Waals surface area contributed by atoms with E-state index < -0.39 is 16.1 Å². The normalized spacial score (nSPS) is 11.6. The Morgan fingerprint density at radius 2 is 1.68 bits per heavy atom. The number of nitrogens with zero attached hydrogens (tertiary/aromatic N) is 3. The van der Waals surface area contributed by atoms with E-state index >= 15 is 0 Å². The van der Waals surface area contributed by atoms with E-state index in [1.54, 1.807) is 12.1 Å². The van der Waals surface area contributed by atoms with Crippen LogP contribution in [0.1, 0.15) is 48.1 Å². The van der Waals surface area contributed by atoms with E-state index in [-0.39, 0.29) is 11.5 Å². The van der Waals surface area contributed by atoms with E-state index in [0.717, 1.165) is 64.3 Å². The van der Waals surface area contributed by atoms with Crippen LogP contribution in [0.3, 0.4) is 0 Å². The van der Waals surface area contributed by atoms with Gasteiger partial charge in [0.1, 0.15) is 11.3 Å². The largest absolute Gasteiger partial charge is 0.448 e. The second kappa shape index (κ2) is 11.1. The van der Waals surface area contributed by atoms with Gasteiger partial charge in [0.05, 0.1) is 22.7 Å². The number of imidazole rings is 1. The molecule has 0 aliphatic rings. The van der Waals surface area contributed by atoms with Crippen molar-refractivity contribution in [3.63, 3.8) is 0 Å². The van der Waals surface area contributed by atoms with Crippen molar-refractivity contribution in [3.8, 4) is 5.69 Å². The molecule has 2 aromatic carbocycles. The number of pyridine rings is 1. The number of aromatic nitrogens is 3. The molecule has 9 heteroatoms. The summed E-state index contributed by atoms with van der Waals surface area (Å²) in [5.41, 5.74) is 6.72. The highest BCUT2D eigenvalue weighted by Crippen LogP contribution is 2.25. The number of amides is 1. The topological polar surface area (TPSA) is 103 Å². The highest BCUT2D eigenvalue weighted by atomic mass is 32.2. The van der Waals surface area contributed by atoms with Gasteiger partial charge in [0.15, 0.2) is 0 Å². The van der Waals surface area contributed by atoms with E-state index in [1.165, 1.54) is 12.1 Å². The van der Waals surface area contributed by atoms with Crippen LogP contribution < -0.4 is 4.72 Å². The molecule has 37 heavy (non-hydrogen) atoms. The number of hydrogen-bond acceptors (Lipinski definition) is 6. The van der Waals surface area contributed by atoms with Crippen LogP contribution in [0, 0.1) is 20.8 Å². The zero-order chi connectivity index (χ0) is 26.6. The summed E-state index contributed by atoms with van der Waals surface area (Å²) in [6.07, 6.45) is 2.46. The summed E-state index contributed by atoms with van der Waals surface area (Å²) < 4.78 is 34.0. The molecular formula is C28H32N4O4S. The molecule has 0 bridgehead atoms. The van der Waals surface area contributed by atoms with Gasteiger partial charge in [-0.15, -0.1) is 0 Å². The molecule has 1 N–H and O–H groups in total. The molecule has 0 saturated heterocycles. The molecule has 0 radical (unpaired) electrons. The summed E-state index contributed by atoms with van der Waals surface area (Å²) in [6.45, 7) is 8.04. The molecule has 2 heterocycles. The summed E-state index contributed by atoms with van der Waals surface area (Å²) >= 11 is 0. The van der Waals surface area contributed by atoms with Crippen molar-refractivity contribution in [1.29, 1.82) is 0 Å². The monoisotopic (exact) mass is 520 g/mol. The third-order valence-corrected chi connectivity index (χ3v) is 7.46. The molecule has 0 fully saturated rings. The van der Waals surface area contributed by atoms with Crippen LogP contribution in [-0.4, -0.2) is 35.7 Å². The molecule has 8 nitrogen and oxygen atoms in total. The first kappa shape index (κ1) is 26.3. The summed E-state index contributed by atoms with van der Waals surface area (Å²) in [7, 11) is -3.97. The van der Waals surface area contributed by atoms with Crippen LogP contribution in [0.4, 0.5) is 4.79 Å². The lowest BCUT2D eigenvalue weighted by molar-refractivity contribution is 0.154. The Kier molecular flexibility index (Phi) is 7.92. The molecule has 0 spiro atoms. The number of benzene rings is 2. The maximum Gasteiger partial charge on any atom is 0.421 e. The second-order valence-corrected chi connectivity index (χ2v) is 10.8. The Morgan fingerprint density at radius 3 is 2.35 bits per heavy atom. The number of carbonyl (C=O) groups is 1. The first-order valence-corrected chi connectivity index (χ1v) is 13.9. The van der Waals surface area contributed by atoms with E-state index in [1.807, 2.05) is 49.8 Å². The summed E-state index contributed by atoms with van der Waals surface area (Å²) in [4.78, 5) is 21.6. The van der Waals surface area contributed by atoms with Gasteiger partial charge in [0.2, 0.25) is 0 Å². The van der Waals surface area contributed by atoms with Gasteiger partial charge in [-0.3, -0.25) is 9.55 Å². The molecule has 0 aliphatic carbocycles. The lowest BCUT2D eigenvalue weighted by Crippen LogP contribution is -2.31. The van der Waals surface area contributed by atoms with Crippen molar-refractivity contribution in [2.24, 2.45) is 0 Å². The average Bonchev–Trinajstić information content (AvgIpc) is 3.21. The smallest absolute Gasteiger partial charge is 0.421 e. The fraction of sp³-hybridized carbons (Fsp3) is 0.321. The van der Waals surface area contributed by atoms with Gasteiger partial charge in [-0.2, -0.15) is 0 Å². The molecule has 4 aromatic rings. The van der Waals surface area contributed by atoms with Gasteiger partial charge >= 0.3 is 6.09 Å². The molecule has 0 unspecified atom stereocenters. The Hall–Kier alpha value is -3.72. The van der Waals surface area contributed by atoms with Crippen molar-refractivity contribution in [2.75, 3.05) is 6.61 Å². The molecule has 4 rings (SSSR count). The van der Waals surface area contributed by atoms with Crippen molar-refractivity contribution in [1.82, 2.24) is 19.3 Å². The highest BCUT2D eigenvalue weighted by molar-refractivity contribution is 7.90. The number of nitrogens with one attached hydrogen (secondary N) is 1. The molecular weight excluding hydrogens is 488 g/mol. The number of ether oxygens (including phenoxy) is 1. The lowest BCUT2D eigenvalue weighted by atomic mass is 10.1. The number of aryl methyl sites for hydroxylation is 4. The fourth-order valence-electron chi connectivity index (χ4n) is 4.21. The van der Waals surface area contributed by atoms with Crippen LogP contribution in [0.15, 0.2) is 59.5 Å². The van der Waals surface area contributed by atoms with E-state index in [0.29, 0.717) is 6.42 Å². The van der Waals surface area contributed by atoms with Gasteiger partial charge < -0.3 is 4.74 Å². The molecule has 1 amide bonds. The van der Waals surface area contributed by atoms with E-state index in [4.69, 9.17) is 9.72 Å². The Balaban J connectivity index is 1.43. The highest BCUT2D eigenvalue weighted by Gasteiger charge is 2.18. The first-order valence-electron chi connectivity index (χ1n) is 12.4. The summed E-state index contributed by atoms with van der Waals surface area (Å²) in [5.74, 6) is 1.01. The average molecular weight is 521 g/mol. The molecule has 0 aliphatic heterocycles. The minimum Gasteiger partial charge on any atom is -0.448 e. The van der Waals surface area contributed by atoms with Crippen molar-refractivity contribution in [3.05, 3.63) is 82.9 Å².